The second kappa shape index (κ2) is 5.55. The van der Waals surface area contributed by atoms with Crippen LogP contribution in [-0.2, 0) is 4.79 Å². The Balaban J connectivity index is 1.74. The SMILES string of the molecule is N#Cc1ccc(NC(=O)C2NCC3CCCC32)cc1C#N. The van der Waals surface area contributed by atoms with Crippen LogP contribution in [0.5, 0.6) is 0 Å². The van der Waals surface area contributed by atoms with E-state index in [1.54, 1.807) is 18.2 Å². The van der Waals surface area contributed by atoms with Crippen LogP contribution in [0, 0.1) is 34.5 Å². The van der Waals surface area contributed by atoms with E-state index in [9.17, 15) is 4.79 Å². The minimum Gasteiger partial charge on any atom is -0.325 e. The largest absolute Gasteiger partial charge is 0.325 e. The van der Waals surface area contributed by atoms with Gasteiger partial charge < -0.3 is 10.6 Å². The van der Waals surface area contributed by atoms with Gasteiger partial charge in [0.05, 0.1) is 17.2 Å². The molecule has 106 valence electrons. The van der Waals surface area contributed by atoms with Gasteiger partial charge in [0.25, 0.3) is 0 Å². The van der Waals surface area contributed by atoms with Crippen molar-refractivity contribution in [1.29, 1.82) is 10.5 Å². The molecule has 1 aromatic rings. The molecule has 0 radical (unpaired) electrons. The number of nitrogens with zero attached hydrogens (tertiary/aromatic N) is 2. The normalized spacial score (nSPS) is 26.7. The molecule has 0 aromatic heterocycles. The molecule has 1 heterocycles. The van der Waals surface area contributed by atoms with E-state index in [0.717, 1.165) is 13.0 Å². The first-order valence-corrected chi connectivity index (χ1v) is 7.21. The van der Waals surface area contributed by atoms with E-state index in [1.165, 1.54) is 12.8 Å². The lowest BCUT2D eigenvalue weighted by Crippen LogP contribution is -2.39. The summed E-state index contributed by atoms with van der Waals surface area (Å²) in [4.78, 5) is 12.4. The van der Waals surface area contributed by atoms with Crippen LogP contribution >= 0.6 is 0 Å². The summed E-state index contributed by atoms with van der Waals surface area (Å²) in [6.45, 7) is 0.916. The highest BCUT2D eigenvalue weighted by Gasteiger charge is 2.42. The topological polar surface area (TPSA) is 88.7 Å². The Morgan fingerprint density at radius 2 is 2.05 bits per heavy atom. The number of amides is 1. The predicted molar refractivity (Wildman–Crippen MR) is 77.1 cm³/mol. The Bertz CT molecular complexity index is 655. The maximum absolute atomic E-state index is 12.4. The number of fused-ring (bicyclic) bond motifs is 1. The van der Waals surface area contributed by atoms with Gasteiger partial charge in [-0.3, -0.25) is 4.79 Å². The van der Waals surface area contributed by atoms with Crippen molar-refractivity contribution in [1.82, 2.24) is 5.32 Å². The highest BCUT2D eigenvalue weighted by molar-refractivity contribution is 5.95. The zero-order chi connectivity index (χ0) is 14.8. The number of hydrogen-bond donors (Lipinski definition) is 2. The number of hydrogen-bond acceptors (Lipinski definition) is 4. The number of carbonyl (C=O) groups excluding carboxylic acids is 1. The average Bonchev–Trinajstić information content (AvgIpc) is 3.09. The Kier molecular flexibility index (Phi) is 3.60. The summed E-state index contributed by atoms with van der Waals surface area (Å²) < 4.78 is 0. The van der Waals surface area contributed by atoms with E-state index < -0.39 is 0 Å². The number of rotatable bonds is 2. The van der Waals surface area contributed by atoms with Crippen LogP contribution in [0.3, 0.4) is 0 Å². The minimum atomic E-state index is -0.140. The van der Waals surface area contributed by atoms with E-state index >= 15 is 0 Å². The first-order valence-electron chi connectivity index (χ1n) is 7.21. The van der Waals surface area contributed by atoms with Crippen molar-refractivity contribution in [2.45, 2.75) is 25.3 Å². The van der Waals surface area contributed by atoms with Gasteiger partial charge in [0.15, 0.2) is 0 Å². The monoisotopic (exact) mass is 280 g/mol. The third-order valence-corrected chi connectivity index (χ3v) is 4.56. The van der Waals surface area contributed by atoms with Gasteiger partial charge in [0.2, 0.25) is 5.91 Å². The quantitative estimate of drug-likeness (QED) is 0.863. The predicted octanol–water partition coefficient (Wildman–Crippen LogP) is 1.76. The molecule has 21 heavy (non-hydrogen) atoms. The summed E-state index contributed by atoms with van der Waals surface area (Å²) in [7, 11) is 0. The summed E-state index contributed by atoms with van der Waals surface area (Å²) in [6.07, 6.45) is 3.51. The van der Waals surface area contributed by atoms with Crippen molar-refractivity contribution in [3.63, 3.8) is 0 Å². The third-order valence-electron chi connectivity index (χ3n) is 4.56. The lowest BCUT2D eigenvalue weighted by molar-refractivity contribution is -0.118. The van der Waals surface area contributed by atoms with Crippen molar-refractivity contribution in [2.24, 2.45) is 11.8 Å². The van der Waals surface area contributed by atoms with Crippen LogP contribution in [0.4, 0.5) is 5.69 Å². The molecule has 0 bridgehead atoms. The zero-order valence-electron chi connectivity index (χ0n) is 11.6. The molecule has 1 amide bonds. The Morgan fingerprint density at radius 3 is 2.81 bits per heavy atom. The van der Waals surface area contributed by atoms with Crippen molar-refractivity contribution < 1.29 is 4.79 Å². The molecule has 1 aromatic carbocycles. The third kappa shape index (κ3) is 2.49. The number of benzene rings is 1. The van der Waals surface area contributed by atoms with Crippen molar-refractivity contribution in [3.05, 3.63) is 29.3 Å². The molecule has 2 fully saturated rings. The van der Waals surface area contributed by atoms with Gasteiger partial charge in [-0.25, -0.2) is 0 Å². The van der Waals surface area contributed by atoms with E-state index in [4.69, 9.17) is 10.5 Å². The standard InChI is InChI=1S/C16H16N4O/c17-7-10-4-5-13(6-12(10)8-18)20-16(21)15-14-3-1-2-11(14)9-19-15/h4-6,11,14-15,19H,1-3,9H2,(H,20,21). The lowest BCUT2D eigenvalue weighted by atomic mass is 9.93. The fourth-order valence-electron chi connectivity index (χ4n) is 3.51. The smallest absolute Gasteiger partial charge is 0.241 e. The summed E-state index contributed by atoms with van der Waals surface area (Å²) in [5, 5.41) is 24.1. The summed E-state index contributed by atoms with van der Waals surface area (Å²) in [5.74, 6) is 1.01. The molecule has 3 atom stereocenters. The Labute approximate surface area is 123 Å². The Morgan fingerprint density at radius 1 is 1.24 bits per heavy atom. The van der Waals surface area contributed by atoms with Crippen LogP contribution in [0.1, 0.15) is 30.4 Å². The molecule has 5 heteroatoms. The molecule has 2 N–H and O–H groups in total. The molecule has 0 spiro atoms. The van der Waals surface area contributed by atoms with Crippen LogP contribution in [0.2, 0.25) is 0 Å². The van der Waals surface area contributed by atoms with Gasteiger partial charge in [0.1, 0.15) is 12.1 Å². The van der Waals surface area contributed by atoms with Gasteiger partial charge in [-0.2, -0.15) is 10.5 Å². The minimum absolute atomic E-state index is 0.0435. The summed E-state index contributed by atoms with van der Waals surface area (Å²) in [5.41, 5.74) is 1.18. The van der Waals surface area contributed by atoms with Gasteiger partial charge in [-0.15, -0.1) is 0 Å². The van der Waals surface area contributed by atoms with Crippen LogP contribution in [0.15, 0.2) is 18.2 Å². The van der Waals surface area contributed by atoms with Gasteiger partial charge in [-0.1, -0.05) is 6.42 Å². The second-order valence-corrected chi connectivity index (χ2v) is 5.71. The maximum atomic E-state index is 12.4. The van der Waals surface area contributed by atoms with E-state index in [1.807, 2.05) is 12.1 Å². The number of nitriles is 2. The summed E-state index contributed by atoms with van der Waals surface area (Å²) in [6, 6.07) is 8.58. The van der Waals surface area contributed by atoms with Crippen LogP contribution in [-0.4, -0.2) is 18.5 Å². The molecule has 1 saturated heterocycles. The molecule has 5 nitrogen and oxygen atoms in total. The first-order chi connectivity index (χ1) is 10.2. The first kappa shape index (κ1) is 13.6. The molecule has 1 aliphatic carbocycles. The second-order valence-electron chi connectivity index (χ2n) is 5.71. The van der Waals surface area contributed by atoms with E-state index in [0.29, 0.717) is 23.1 Å². The zero-order valence-corrected chi connectivity index (χ0v) is 11.6. The van der Waals surface area contributed by atoms with Crippen molar-refractivity contribution in [2.75, 3.05) is 11.9 Å². The van der Waals surface area contributed by atoms with Crippen LogP contribution in [0.25, 0.3) is 0 Å². The highest BCUT2D eigenvalue weighted by atomic mass is 16.2. The van der Waals surface area contributed by atoms with E-state index in [-0.39, 0.29) is 17.5 Å². The molecule has 2 aliphatic rings. The average molecular weight is 280 g/mol. The van der Waals surface area contributed by atoms with Gasteiger partial charge in [-0.05, 0) is 49.4 Å². The number of nitrogens with one attached hydrogen (secondary N) is 2. The molecule has 1 saturated carbocycles. The number of carbonyl (C=O) groups is 1. The van der Waals surface area contributed by atoms with Crippen molar-refractivity contribution in [3.8, 4) is 12.1 Å². The fraction of sp³-hybridized carbons (Fsp3) is 0.438. The molecular formula is C16H16N4O. The fourth-order valence-corrected chi connectivity index (χ4v) is 3.51. The van der Waals surface area contributed by atoms with Crippen molar-refractivity contribution >= 4 is 11.6 Å². The molecule has 3 rings (SSSR count). The number of anilines is 1. The summed E-state index contributed by atoms with van der Waals surface area (Å²) >= 11 is 0. The van der Waals surface area contributed by atoms with E-state index in [2.05, 4.69) is 10.6 Å². The highest BCUT2D eigenvalue weighted by Crippen LogP contribution is 2.38. The molecule has 3 unspecified atom stereocenters. The Hall–Kier alpha value is -2.37. The maximum Gasteiger partial charge on any atom is 0.241 e. The molecular weight excluding hydrogens is 264 g/mol. The van der Waals surface area contributed by atoms with Crippen LogP contribution < -0.4 is 10.6 Å². The lowest BCUT2D eigenvalue weighted by Gasteiger charge is -2.17. The van der Waals surface area contributed by atoms with Gasteiger partial charge >= 0.3 is 0 Å². The van der Waals surface area contributed by atoms with Gasteiger partial charge in [0, 0.05) is 5.69 Å². The molecule has 1 aliphatic heterocycles.